The van der Waals surface area contributed by atoms with Crippen molar-refractivity contribution in [2.24, 2.45) is 0 Å². The van der Waals surface area contributed by atoms with Gasteiger partial charge in [0.25, 0.3) is 6.43 Å². The lowest BCUT2D eigenvalue weighted by atomic mass is 10.4. The molecule has 0 aromatic heterocycles. The van der Waals surface area contributed by atoms with Crippen LogP contribution in [0.25, 0.3) is 0 Å². The molecule has 1 radical (unpaired) electrons. The standard InChI is InChI=1S/C4H5F2O2/c1-3(4(5)6)8-2-7/h3-4H,1H3. The number of alkyl halides is 2. The fourth-order valence-corrected chi connectivity index (χ4v) is 0.127. The van der Waals surface area contributed by atoms with E-state index in [0.717, 1.165) is 13.4 Å². The second-order valence-corrected chi connectivity index (χ2v) is 1.24. The predicted octanol–water partition coefficient (Wildman–Crippen LogP) is 0.724. The largest absolute Gasteiger partial charge is 0.448 e. The minimum atomic E-state index is -2.61. The maximum Gasteiger partial charge on any atom is 0.417 e. The monoisotopic (exact) mass is 123 g/mol. The zero-order valence-corrected chi connectivity index (χ0v) is 4.23. The van der Waals surface area contributed by atoms with Crippen molar-refractivity contribution in [2.75, 3.05) is 0 Å². The molecular formula is C4H5F2O2. The molecule has 0 saturated heterocycles. The molecule has 0 rings (SSSR count). The van der Waals surface area contributed by atoms with Gasteiger partial charge in [0.1, 0.15) is 0 Å². The summed E-state index contributed by atoms with van der Waals surface area (Å²) < 4.78 is 26.4. The van der Waals surface area contributed by atoms with Crippen LogP contribution in [0.4, 0.5) is 8.78 Å². The summed E-state index contributed by atoms with van der Waals surface area (Å²) in [7, 11) is 0. The molecule has 8 heavy (non-hydrogen) atoms. The molecule has 0 spiro atoms. The summed E-state index contributed by atoms with van der Waals surface area (Å²) in [6, 6.07) is 0. The normalized spacial score (nSPS) is 13.5. The molecule has 0 aromatic rings. The number of carbonyl (C=O) groups excluding carboxylic acids is 1. The lowest BCUT2D eigenvalue weighted by Gasteiger charge is -2.04. The van der Waals surface area contributed by atoms with Gasteiger partial charge >= 0.3 is 6.47 Å². The lowest BCUT2D eigenvalue weighted by Crippen LogP contribution is -2.16. The van der Waals surface area contributed by atoms with E-state index in [1.807, 2.05) is 0 Å². The summed E-state index contributed by atoms with van der Waals surface area (Å²) in [6.45, 7) is 2.01. The third-order valence-electron chi connectivity index (χ3n) is 0.589. The molecule has 0 heterocycles. The highest BCUT2D eigenvalue weighted by Crippen LogP contribution is 2.01. The summed E-state index contributed by atoms with van der Waals surface area (Å²) in [6.07, 6.45) is -3.95. The van der Waals surface area contributed by atoms with Crippen molar-refractivity contribution in [2.45, 2.75) is 19.5 Å². The van der Waals surface area contributed by atoms with Crippen LogP contribution in [-0.4, -0.2) is 19.0 Å². The van der Waals surface area contributed by atoms with Crippen molar-refractivity contribution in [1.82, 2.24) is 0 Å². The number of rotatable bonds is 3. The summed E-state index contributed by atoms with van der Waals surface area (Å²) in [5, 5.41) is 0. The molecule has 0 aliphatic rings. The van der Waals surface area contributed by atoms with Crippen molar-refractivity contribution >= 4 is 6.47 Å². The molecule has 1 unspecified atom stereocenters. The van der Waals surface area contributed by atoms with Crippen LogP contribution >= 0.6 is 0 Å². The highest BCUT2D eigenvalue weighted by molar-refractivity contribution is 5.38. The van der Waals surface area contributed by atoms with Crippen molar-refractivity contribution in [3.8, 4) is 0 Å². The van der Waals surface area contributed by atoms with Gasteiger partial charge in [0, 0.05) is 0 Å². The SMILES string of the molecule is CC(O[C]=O)C(F)F. The molecule has 0 fully saturated rings. The molecule has 4 heteroatoms. The Morgan fingerprint density at radius 2 is 2.12 bits per heavy atom. The zero-order chi connectivity index (χ0) is 6.57. The topological polar surface area (TPSA) is 26.3 Å². The van der Waals surface area contributed by atoms with Crippen LogP contribution in [0.2, 0.25) is 0 Å². The molecule has 0 aliphatic heterocycles. The van der Waals surface area contributed by atoms with Crippen LogP contribution < -0.4 is 0 Å². The molecule has 0 bridgehead atoms. The smallest absolute Gasteiger partial charge is 0.417 e. The predicted molar refractivity (Wildman–Crippen MR) is 22.2 cm³/mol. The fourth-order valence-electron chi connectivity index (χ4n) is 0.127. The Morgan fingerprint density at radius 3 is 2.25 bits per heavy atom. The van der Waals surface area contributed by atoms with Gasteiger partial charge in [-0.25, -0.2) is 13.6 Å². The Hall–Kier alpha value is -0.670. The van der Waals surface area contributed by atoms with E-state index in [0.29, 0.717) is 0 Å². The molecule has 0 aromatic carbocycles. The van der Waals surface area contributed by atoms with Crippen molar-refractivity contribution < 1.29 is 18.3 Å². The van der Waals surface area contributed by atoms with Gasteiger partial charge in [0.15, 0.2) is 6.10 Å². The van der Waals surface area contributed by atoms with E-state index in [-0.39, 0.29) is 0 Å². The van der Waals surface area contributed by atoms with E-state index in [9.17, 15) is 13.6 Å². The average Bonchev–Trinajstić information content (AvgIpc) is 1.67. The molecule has 0 aliphatic carbocycles. The first-order chi connectivity index (χ1) is 3.68. The van der Waals surface area contributed by atoms with Crippen LogP contribution in [-0.2, 0) is 9.53 Å². The van der Waals surface area contributed by atoms with Crippen molar-refractivity contribution in [3.63, 3.8) is 0 Å². The first-order valence-corrected chi connectivity index (χ1v) is 1.99. The Labute approximate surface area is 45.4 Å². The molecule has 1 atom stereocenters. The summed E-state index contributed by atoms with van der Waals surface area (Å²) in [4.78, 5) is 9.24. The lowest BCUT2D eigenvalue weighted by molar-refractivity contribution is 0.0137. The number of hydrogen-bond donors (Lipinski definition) is 0. The van der Waals surface area contributed by atoms with Gasteiger partial charge in [-0.05, 0) is 6.92 Å². The summed E-state index contributed by atoms with van der Waals surface area (Å²) in [5.41, 5.74) is 0. The van der Waals surface area contributed by atoms with Gasteiger partial charge < -0.3 is 4.74 Å². The van der Waals surface area contributed by atoms with Gasteiger partial charge in [-0.2, -0.15) is 0 Å². The highest BCUT2D eigenvalue weighted by atomic mass is 19.3. The highest BCUT2D eigenvalue weighted by Gasteiger charge is 2.14. The van der Waals surface area contributed by atoms with E-state index in [1.165, 1.54) is 0 Å². The van der Waals surface area contributed by atoms with Gasteiger partial charge in [-0.3, -0.25) is 0 Å². The molecular weight excluding hydrogens is 118 g/mol. The Kier molecular flexibility index (Phi) is 3.07. The van der Waals surface area contributed by atoms with Gasteiger partial charge in [0.05, 0.1) is 0 Å². The van der Waals surface area contributed by atoms with E-state index in [4.69, 9.17) is 0 Å². The number of hydrogen-bond acceptors (Lipinski definition) is 2. The van der Waals surface area contributed by atoms with Crippen LogP contribution in [0.3, 0.4) is 0 Å². The second-order valence-electron chi connectivity index (χ2n) is 1.24. The summed E-state index contributed by atoms with van der Waals surface area (Å²) in [5.74, 6) is 0. The van der Waals surface area contributed by atoms with Crippen LogP contribution in [0.15, 0.2) is 0 Å². The summed E-state index contributed by atoms with van der Waals surface area (Å²) >= 11 is 0. The molecule has 47 valence electrons. The molecule has 2 nitrogen and oxygen atoms in total. The van der Waals surface area contributed by atoms with Crippen LogP contribution in [0.5, 0.6) is 0 Å². The quantitative estimate of drug-likeness (QED) is 0.552. The van der Waals surface area contributed by atoms with Crippen LogP contribution in [0.1, 0.15) is 6.92 Å². The molecule has 0 saturated carbocycles. The van der Waals surface area contributed by atoms with Gasteiger partial charge in [0.2, 0.25) is 0 Å². The Balaban J connectivity index is 3.30. The fraction of sp³-hybridized carbons (Fsp3) is 0.750. The maximum absolute atomic E-state index is 11.3. The number of halogens is 2. The minimum absolute atomic E-state index is 0.919. The Morgan fingerprint density at radius 1 is 1.62 bits per heavy atom. The van der Waals surface area contributed by atoms with Crippen molar-refractivity contribution in [3.05, 3.63) is 0 Å². The first kappa shape index (κ1) is 7.33. The first-order valence-electron chi connectivity index (χ1n) is 1.99. The van der Waals surface area contributed by atoms with E-state index in [1.54, 1.807) is 0 Å². The van der Waals surface area contributed by atoms with Crippen LogP contribution in [0, 0.1) is 0 Å². The van der Waals surface area contributed by atoms with E-state index < -0.39 is 12.5 Å². The second kappa shape index (κ2) is 3.35. The van der Waals surface area contributed by atoms with Crippen molar-refractivity contribution in [1.29, 1.82) is 0 Å². The third kappa shape index (κ3) is 2.49. The Bertz CT molecular complexity index is 74.4. The number of ether oxygens (including phenoxy) is 1. The molecule has 0 amide bonds. The minimum Gasteiger partial charge on any atom is -0.448 e. The zero-order valence-electron chi connectivity index (χ0n) is 4.23. The van der Waals surface area contributed by atoms with Gasteiger partial charge in [-0.1, -0.05) is 0 Å². The average molecular weight is 123 g/mol. The molecule has 0 N–H and O–H groups in total. The third-order valence-corrected chi connectivity index (χ3v) is 0.589. The van der Waals surface area contributed by atoms with Gasteiger partial charge in [-0.15, -0.1) is 0 Å². The maximum atomic E-state index is 11.3. The van der Waals surface area contributed by atoms with E-state index >= 15 is 0 Å². The van der Waals surface area contributed by atoms with E-state index in [2.05, 4.69) is 4.74 Å².